The van der Waals surface area contributed by atoms with Gasteiger partial charge in [-0.25, -0.2) is 4.98 Å². The normalized spacial score (nSPS) is 12.3. The molecule has 0 bridgehead atoms. The summed E-state index contributed by atoms with van der Waals surface area (Å²) in [6, 6.07) is 12.3. The van der Waals surface area contributed by atoms with E-state index in [0.29, 0.717) is 0 Å². The molecular formula is C14H19N3+2. The largest absolute Gasteiger partial charge is 0.332 e. The zero-order valence-corrected chi connectivity index (χ0v) is 10.2. The fourth-order valence-electron chi connectivity index (χ4n) is 1.83. The van der Waals surface area contributed by atoms with Crippen molar-refractivity contribution in [3.05, 3.63) is 60.2 Å². The Morgan fingerprint density at radius 3 is 2.76 bits per heavy atom. The van der Waals surface area contributed by atoms with Crippen molar-refractivity contribution in [2.45, 2.75) is 13.0 Å². The van der Waals surface area contributed by atoms with E-state index in [2.05, 4.69) is 35.2 Å². The molecule has 88 valence electrons. The van der Waals surface area contributed by atoms with Gasteiger partial charge in [0, 0.05) is 18.3 Å². The lowest BCUT2D eigenvalue weighted by molar-refractivity contribution is -0.894. The van der Waals surface area contributed by atoms with Crippen LogP contribution in [0.25, 0.3) is 0 Å². The summed E-state index contributed by atoms with van der Waals surface area (Å²) in [5.74, 6) is 0. The highest BCUT2D eigenvalue weighted by atomic mass is 15.1. The second kappa shape index (κ2) is 6.11. The number of H-pyrrole nitrogens is 1. The Balaban J connectivity index is 1.80. The molecule has 0 saturated carbocycles. The average molecular weight is 229 g/mol. The summed E-state index contributed by atoms with van der Waals surface area (Å²) in [5, 5.41) is 0. The van der Waals surface area contributed by atoms with E-state index in [1.54, 1.807) is 0 Å². The zero-order valence-electron chi connectivity index (χ0n) is 10.2. The van der Waals surface area contributed by atoms with Crippen LogP contribution in [0.1, 0.15) is 11.4 Å². The number of aromatic amines is 1. The lowest BCUT2D eigenvalue weighted by Gasteiger charge is -2.11. The number of nitrogens with zero attached hydrogens (tertiary/aromatic N) is 1. The van der Waals surface area contributed by atoms with Gasteiger partial charge in [0.25, 0.3) is 0 Å². The summed E-state index contributed by atoms with van der Waals surface area (Å²) < 4.78 is 0. The predicted octanol–water partition coefficient (Wildman–Crippen LogP) is 0.153. The minimum atomic E-state index is 0.980. The van der Waals surface area contributed by atoms with E-state index in [4.69, 9.17) is 0 Å². The predicted molar refractivity (Wildman–Crippen MR) is 66.4 cm³/mol. The van der Waals surface area contributed by atoms with Gasteiger partial charge in [-0.3, -0.25) is 4.98 Å². The molecule has 0 aliphatic carbocycles. The van der Waals surface area contributed by atoms with Gasteiger partial charge in [0.2, 0.25) is 0 Å². The van der Waals surface area contributed by atoms with E-state index < -0.39 is 0 Å². The maximum Gasteiger partial charge on any atom is 0.185 e. The number of quaternary nitrogens is 1. The van der Waals surface area contributed by atoms with Gasteiger partial charge in [0.15, 0.2) is 11.9 Å². The van der Waals surface area contributed by atoms with Gasteiger partial charge in [-0.2, -0.15) is 0 Å². The SMILES string of the molecule is C[NH+](CCc1cccc[nH+]1)Cc1ccccn1. The molecule has 1 atom stereocenters. The molecule has 0 aliphatic heterocycles. The number of aromatic nitrogens is 2. The minimum Gasteiger partial charge on any atom is -0.332 e. The highest BCUT2D eigenvalue weighted by Crippen LogP contribution is 1.90. The average Bonchev–Trinajstić information content (AvgIpc) is 2.39. The molecule has 0 aliphatic rings. The molecule has 2 N–H and O–H groups in total. The van der Waals surface area contributed by atoms with Crippen molar-refractivity contribution < 1.29 is 9.88 Å². The molecule has 2 aromatic heterocycles. The van der Waals surface area contributed by atoms with Crippen LogP contribution in [-0.2, 0) is 13.0 Å². The Bertz CT molecular complexity index is 428. The van der Waals surface area contributed by atoms with Gasteiger partial charge < -0.3 is 4.90 Å². The first-order valence-corrected chi connectivity index (χ1v) is 6.01. The van der Waals surface area contributed by atoms with Gasteiger partial charge in [-0.15, -0.1) is 0 Å². The molecule has 0 radical (unpaired) electrons. The molecule has 0 amide bonds. The third-order valence-corrected chi connectivity index (χ3v) is 2.80. The van der Waals surface area contributed by atoms with Crippen LogP contribution < -0.4 is 9.88 Å². The minimum absolute atomic E-state index is 0.980. The van der Waals surface area contributed by atoms with Crippen LogP contribution >= 0.6 is 0 Å². The van der Waals surface area contributed by atoms with Crippen molar-refractivity contribution in [2.75, 3.05) is 13.6 Å². The quantitative estimate of drug-likeness (QED) is 0.778. The highest BCUT2D eigenvalue weighted by Gasteiger charge is 2.07. The van der Waals surface area contributed by atoms with Gasteiger partial charge in [-0.1, -0.05) is 12.1 Å². The highest BCUT2D eigenvalue weighted by molar-refractivity contribution is 5.01. The first-order valence-electron chi connectivity index (χ1n) is 6.01. The molecule has 2 heterocycles. The van der Waals surface area contributed by atoms with Crippen LogP contribution in [0.2, 0.25) is 0 Å². The van der Waals surface area contributed by atoms with Crippen molar-refractivity contribution in [1.82, 2.24) is 4.98 Å². The fourth-order valence-corrected chi connectivity index (χ4v) is 1.83. The summed E-state index contributed by atoms with van der Waals surface area (Å²) in [4.78, 5) is 9.08. The summed E-state index contributed by atoms with van der Waals surface area (Å²) in [6.07, 6.45) is 4.90. The number of rotatable bonds is 5. The molecule has 0 aromatic carbocycles. The Hall–Kier alpha value is -1.74. The third kappa shape index (κ3) is 3.96. The molecule has 17 heavy (non-hydrogen) atoms. The molecule has 1 unspecified atom stereocenters. The zero-order chi connectivity index (χ0) is 11.9. The lowest BCUT2D eigenvalue weighted by Crippen LogP contribution is -3.07. The van der Waals surface area contributed by atoms with E-state index in [1.165, 1.54) is 10.6 Å². The van der Waals surface area contributed by atoms with Crippen molar-refractivity contribution in [3.8, 4) is 0 Å². The second-order valence-electron chi connectivity index (χ2n) is 4.34. The standard InChI is InChI=1S/C14H17N3/c1-17(12-14-7-3-5-10-16-14)11-8-13-6-2-4-9-15-13/h2-7,9-10H,8,11-12H2,1H3/p+2. The molecule has 2 aromatic rings. The van der Waals surface area contributed by atoms with Gasteiger partial charge in [0.05, 0.1) is 25.7 Å². The van der Waals surface area contributed by atoms with Crippen LogP contribution in [0.3, 0.4) is 0 Å². The summed E-state index contributed by atoms with van der Waals surface area (Å²) >= 11 is 0. The van der Waals surface area contributed by atoms with Gasteiger partial charge in [0.1, 0.15) is 6.54 Å². The van der Waals surface area contributed by atoms with E-state index in [-0.39, 0.29) is 0 Å². The van der Waals surface area contributed by atoms with Crippen LogP contribution in [0.5, 0.6) is 0 Å². The smallest absolute Gasteiger partial charge is 0.185 e. The number of likely N-dealkylation sites (N-methyl/N-ethyl adjacent to an activating group) is 1. The van der Waals surface area contributed by atoms with Crippen molar-refractivity contribution in [1.29, 1.82) is 0 Å². The van der Waals surface area contributed by atoms with E-state index in [0.717, 1.165) is 25.2 Å². The lowest BCUT2D eigenvalue weighted by atomic mass is 10.2. The first kappa shape index (κ1) is 11.7. The Morgan fingerprint density at radius 2 is 2.06 bits per heavy atom. The maximum atomic E-state index is 4.35. The van der Waals surface area contributed by atoms with E-state index >= 15 is 0 Å². The monoisotopic (exact) mass is 229 g/mol. The molecule has 3 heteroatoms. The maximum absolute atomic E-state index is 4.35. The summed E-state index contributed by atoms with van der Waals surface area (Å²) in [6.45, 7) is 2.09. The molecule has 2 rings (SSSR count). The van der Waals surface area contributed by atoms with E-state index in [1.807, 2.05) is 30.6 Å². The van der Waals surface area contributed by atoms with Crippen LogP contribution in [0.4, 0.5) is 0 Å². The second-order valence-corrected chi connectivity index (χ2v) is 4.34. The van der Waals surface area contributed by atoms with Crippen LogP contribution in [0, 0.1) is 0 Å². The fraction of sp³-hybridized carbons (Fsp3) is 0.286. The Kier molecular flexibility index (Phi) is 4.22. The number of pyridine rings is 2. The molecule has 0 fully saturated rings. The van der Waals surface area contributed by atoms with Crippen molar-refractivity contribution in [2.24, 2.45) is 0 Å². The van der Waals surface area contributed by atoms with Gasteiger partial charge in [-0.05, 0) is 12.1 Å². The molecule has 0 saturated heterocycles. The molecular weight excluding hydrogens is 210 g/mol. The molecule has 3 nitrogen and oxygen atoms in total. The molecule has 0 spiro atoms. The van der Waals surface area contributed by atoms with Crippen LogP contribution in [0.15, 0.2) is 48.8 Å². The number of hydrogen-bond acceptors (Lipinski definition) is 1. The third-order valence-electron chi connectivity index (χ3n) is 2.80. The van der Waals surface area contributed by atoms with Crippen LogP contribution in [-0.4, -0.2) is 18.6 Å². The van der Waals surface area contributed by atoms with E-state index in [9.17, 15) is 0 Å². The number of hydrogen-bond donors (Lipinski definition) is 1. The topological polar surface area (TPSA) is 31.5 Å². The summed E-state index contributed by atoms with van der Waals surface area (Å²) in [5.41, 5.74) is 2.44. The Morgan fingerprint density at radius 1 is 1.18 bits per heavy atom. The first-order chi connectivity index (χ1) is 8.34. The van der Waals surface area contributed by atoms with Crippen molar-refractivity contribution in [3.63, 3.8) is 0 Å². The Labute approximate surface area is 102 Å². The van der Waals surface area contributed by atoms with Crippen molar-refractivity contribution >= 4 is 0 Å². The van der Waals surface area contributed by atoms with Gasteiger partial charge >= 0.3 is 0 Å². The summed E-state index contributed by atoms with van der Waals surface area (Å²) in [7, 11) is 2.21. The number of nitrogens with one attached hydrogen (secondary N) is 2.